The van der Waals surface area contributed by atoms with Gasteiger partial charge in [-0.3, -0.25) is 4.98 Å². The van der Waals surface area contributed by atoms with E-state index in [1.165, 1.54) is 16.3 Å². The van der Waals surface area contributed by atoms with Crippen molar-refractivity contribution in [3.05, 3.63) is 41.7 Å². The van der Waals surface area contributed by atoms with Crippen LogP contribution in [0.5, 0.6) is 0 Å². The van der Waals surface area contributed by atoms with Crippen LogP contribution in [-0.4, -0.2) is 4.98 Å². The molecule has 2 rings (SSSR count). The Balaban J connectivity index is 0.000000509. The van der Waals surface area contributed by atoms with Gasteiger partial charge >= 0.3 is 0 Å². The molecule has 1 aromatic carbocycles. The third-order valence-electron chi connectivity index (χ3n) is 2.22. The molecule has 0 aliphatic rings. The third kappa shape index (κ3) is 3.34. The number of benzene rings is 1. The van der Waals surface area contributed by atoms with Gasteiger partial charge in [0, 0.05) is 17.3 Å². The molecule has 0 saturated carbocycles. The van der Waals surface area contributed by atoms with Gasteiger partial charge in [0.15, 0.2) is 0 Å². The van der Waals surface area contributed by atoms with E-state index in [1.807, 2.05) is 40.8 Å². The number of fused-ring (bicyclic) bond motifs is 1. The molecular weight excluding hydrogens is 194 g/mol. The summed E-state index contributed by atoms with van der Waals surface area (Å²) in [5.41, 5.74) is 2.43. The highest BCUT2D eigenvalue weighted by Crippen LogP contribution is 2.18. The van der Waals surface area contributed by atoms with E-state index in [0.717, 1.165) is 5.69 Å². The SMILES string of the molecule is CC.CC.Cc1cccc2c(C)nccc12. The zero-order valence-electron chi connectivity index (χ0n) is 11.3. The number of aryl methyl sites for hydroxylation is 2. The molecule has 88 valence electrons. The van der Waals surface area contributed by atoms with Crippen LogP contribution >= 0.6 is 0 Å². The minimum absolute atomic E-state index is 1.11. The lowest BCUT2D eigenvalue weighted by Gasteiger charge is -2.02. The molecule has 0 unspecified atom stereocenters. The fourth-order valence-corrected chi connectivity index (χ4v) is 1.51. The summed E-state index contributed by atoms with van der Waals surface area (Å²) in [7, 11) is 0. The smallest absolute Gasteiger partial charge is 0.0451 e. The van der Waals surface area contributed by atoms with Crippen LogP contribution < -0.4 is 0 Å². The predicted molar refractivity (Wildman–Crippen MR) is 73.9 cm³/mol. The number of hydrogen-bond donors (Lipinski definition) is 0. The monoisotopic (exact) mass is 217 g/mol. The molecule has 1 heterocycles. The molecule has 0 amide bonds. The first-order chi connectivity index (χ1) is 7.79. The summed E-state index contributed by atoms with van der Waals surface area (Å²) in [6.07, 6.45) is 1.87. The maximum absolute atomic E-state index is 4.25. The van der Waals surface area contributed by atoms with Gasteiger partial charge in [0.2, 0.25) is 0 Å². The maximum atomic E-state index is 4.25. The normalized spacial score (nSPS) is 8.62. The summed E-state index contributed by atoms with van der Waals surface area (Å²) >= 11 is 0. The van der Waals surface area contributed by atoms with Gasteiger partial charge in [-0.15, -0.1) is 0 Å². The molecule has 0 atom stereocenters. The van der Waals surface area contributed by atoms with E-state index in [1.54, 1.807) is 0 Å². The Hall–Kier alpha value is -1.37. The van der Waals surface area contributed by atoms with Crippen molar-refractivity contribution in [2.75, 3.05) is 0 Å². The van der Waals surface area contributed by atoms with Crippen molar-refractivity contribution in [3.8, 4) is 0 Å². The molecule has 2 aromatic rings. The molecule has 1 heteroatoms. The first kappa shape index (κ1) is 14.6. The van der Waals surface area contributed by atoms with Crippen molar-refractivity contribution in [3.63, 3.8) is 0 Å². The molecule has 0 N–H and O–H groups in total. The van der Waals surface area contributed by atoms with Crippen molar-refractivity contribution >= 4 is 10.8 Å². The van der Waals surface area contributed by atoms with Crippen molar-refractivity contribution in [1.29, 1.82) is 0 Å². The van der Waals surface area contributed by atoms with Crippen LogP contribution in [0.2, 0.25) is 0 Å². The molecule has 0 radical (unpaired) electrons. The van der Waals surface area contributed by atoms with E-state index < -0.39 is 0 Å². The molecule has 1 aromatic heterocycles. The van der Waals surface area contributed by atoms with Crippen LogP contribution in [0.25, 0.3) is 10.8 Å². The van der Waals surface area contributed by atoms with Gasteiger partial charge in [-0.05, 0) is 30.9 Å². The topological polar surface area (TPSA) is 12.9 Å². The highest BCUT2D eigenvalue weighted by Gasteiger charge is 1.97. The zero-order chi connectivity index (χ0) is 12.6. The summed E-state index contributed by atoms with van der Waals surface area (Å²) in [6, 6.07) is 8.39. The molecule has 0 spiro atoms. The third-order valence-corrected chi connectivity index (χ3v) is 2.22. The molecule has 0 bridgehead atoms. The van der Waals surface area contributed by atoms with Crippen LogP contribution in [0.3, 0.4) is 0 Å². The van der Waals surface area contributed by atoms with Gasteiger partial charge in [0.25, 0.3) is 0 Å². The second-order valence-corrected chi connectivity index (χ2v) is 3.07. The van der Waals surface area contributed by atoms with Crippen LogP contribution in [0, 0.1) is 13.8 Å². The minimum atomic E-state index is 1.11. The standard InChI is InChI=1S/C11H11N.2C2H6/c1-8-4-3-5-11-9(2)12-7-6-10(8)11;2*1-2/h3-7H,1-2H3;2*1-2H3. The Bertz CT molecular complexity index is 377. The molecule has 0 fully saturated rings. The van der Waals surface area contributed by atoms with E-state index in [-0.39, 0.29) is 0 Å². The van der Waals surface area contributed by atoms with E-state index in [9.17, 15) is 0 Å². The molecule has 0 aliphatic heterocycles. The van der Waals surface area contributed by atoms with Crippen molar-refractivity contribution in [2.45, 2.75) is 41.5 Å². The van der Waals surface area contributed by atoms with Gasteiger partial charge < -0.3 is 0 Å². The van der Waals surface area contributed by atoms with Crippen LogP contribution in [0.15, 0.2) is 30.5 Å². The summed E-state index contributed by atoms with van der Waals surface area (Å²) in [4.78, 5) is 4.25. The van der Waals surface area contributed by atoms with Crippen LogP contribution in [0.1, 0.15) is 39.0 Å². The Kier molecular flexibility index (Phi) is 7.19. The summed E-state index contributed by atoms with van der Waals surface area (Å²) in [5.74, 6) is 0. The Morgan fingerprint density at radius 1 is 0.812 bits per heavy atom. The lowest BCUT2D eigenvalue weighted by molar-refractivity contribution is 1.23. The van der Waals surface area contributed by atoms with Crippen LogP contribution in [0.4, 0.5) is 0 Å². The molecule has 16 heavy (non-hydrogen) atoms. The van der Waals surface area contributed by atoms with Gasteiger partial charge in [-0.25, -0.2) is 0 Å². The van der Waals surface area contributed by atoms with Crippen LogP contribution in [-0.2, 0) is 0 Å². The number of pyridine rings is 1. The second kappa shape index (κ2) is 7.86. The second-order valence-electron chi connectivity index (χ2n) is 3.07. The summed E-state index contributed by atoms with van der Waals surface area (Å²) in [5, 5.41) is 2.57. The number of nitrogens with zero attached hydrogens (tertiary/aromatic N) is 1. The Labute approximate surface area is 99.5 Å². The fourth-order valence-electron chi connectivity index (χ4n) is 1.51. The average Bonchev–Trinajstić information content (AvgIpc) is 2.36. The van der Waals surface area contributed by atoms with E-state index >= 15 is 0 Å². The van der Waals surface area contributed by atoms with E-state index in [4.69, 9.17) is 0 Å². The van der Waals surface area contributed by atoms with Gasteiger partial charge in [-0.2, -0.15) is 0 Å². The summed E-state index contributed by atoms with van der Waals surface area (Å²) in [6.45, 7) is 12.2. The number of hydrogen-bond acceptors (Lipinski definition) is 1. The molecule has 0 aliphatic carbocycles. The lowest BCUT2D eigenvalue weighted by Crippen LogP contribution is -1.84. The Morgan fingerprint density at radius 3 is 2.00 bits per heavy atom. The minimum Gasteiger partial charge on any atom is -0.261 e. The Morgan fingerprint density at radius 2 is 1.44 bits per heavy atom. The zero-order valence-corrected chi connectivity index (χ0v) is 11.3. The van der Waals surface area contributed by atoms with Crippen molar-refractivity contribution in [2.24, 2.45) is 0 Å². The molecule has 0 saturated heterocycles. The predicted octanol–water partition coefficient (Wildman–Crippen LogP) is 4.90. The van der Waals surface area contributed by atoms with Gasteiger partial charge in [-0.1, -0.05) is 45.9 Å². The summed E-state index contributed by atoms with van der Waals surface area (Å²) < 4.78 is 0. The number of rotatable bonds is 0. The molecule has 1 nitrogen and oxygen atoms in total. The van der Waals surface area contributed by atoms with Crippen molar-refractivity contribution < 1.29 is 0 Å². The van der Waals surface area contributed by atoms with Crippen molar-refractivity contribution in [1.82, 2.24) is 4.98 Å². The first-order valence-corrected chi connectivity index (χ1v) is 6.10. The maximum Gasteiger partial charge on any atom is 0.0451 e. The highest BCUT2D eigenvalue weighted by atomic mass is 14.7. The van der Waals surface area contributed by atoms with Gasteiger partial charge in [0.1, 0.15) is 0 Å². The number of aromatic nitrogens is 1. The fraction of sp³-hybridized carbons (Fsp3) is 0.400. The lowest BCUT2D eigenvalue weighted by atomic mass is 10.1. The highest BCUT2D eigenvalue weighted by molar-refractivity contribution is 5.86. The largest absolute Gasteiger partial charge is 0.261 e. The van der Waals surface area contributed by atoms with E-state index in [0.29, 0.717) is 0 Å². The van der Waals surface area contributed by atoms with E-state index in [2.05, 4.69) is 36.2 Å². The first-order valence-electron chi connectivity index (χ1n) is 6.10. The quantitative estimate of drug-likeness (QED) is 0.611. The average molecular weight is 217 g/mol. The molecular formula is C15H23N. The van der Waals surface area contributed by atoms with Gasteiger partial charge in [0.05, 0.1) is 0 Å².